The van der Waals surface area contributed by atoms with Crippen LogP contribution < -0.4 is 0 Å². The summed E-state index contributed by atoms with van der Waals surface area (Å²) in [5, 5.41) is 9.56. The Morgan fingerprint density at radius 2 is 1.88 bits per heavy atom. The Balaban J connectivity index is 2.30. The molecule has 2 atom stereocenters. The van der Waals surface area contributed by atoms with Crippen LogP contribution in [0.15, 0.2) is 0 Å². The van der Waals surface area contributed by atoms with Crippen LogP contribution in [-0.2, 0) is 9.47 Å². The predicted octanol–water partition coefficient (Wildman–Crippen LogP) is 0.885. The quantitative estimate of drug-likeness (QED) is 0.630. The second-order valence-electron chi connectivity index (χ2n) is 4.50. The molecule has 0 aliphatic heterocycles. The van der Waals surface area contributed by atoms with Gasteiger partial charge in [0.1, 0.15) is 0 Å². The first-order chi connectivity index (χ1) is 7.77. The average molecular weight is 231 g/mol. The van der Waals surface area contributed by atoms with Gasteiger partial charge in [0, 0.05) is 40.0 Å². The summed E-state index contributed by atoms with van der Waals surface area (Å²) in [6.07, 6.45) is 3.91. The maximum atomic E-state index is 9.56. The molecule has 1 aliphatic carbocycles. The highest BCUT2D eigenvalue weighted by molar-refractivity contribution is 4.82. The van der Waals surface area contributed by atoms with E-state index < -0.39 is 0 Å². The second-order valence-corrected chi connectivity index (χ2v) is 4.50. The van der Waals surface area contributed by atoms with Crippen LogP contribution in [0.5, 0.6) is 0 Å². The van der Waals surface area contributed by atoms with Crippen LogP contribution in [-0.4, -0.2) is 62.7 Å². The van der Waals surface area contributed by atoms with Crippen LogP contribution in [0.2, 0.25) is 0 Å². The molecule has 0 heterocycles. The first-order valence-corrected chi connectivity index (χ1v) is 6.18. The number of methoxy groups -OCH3 is 2. The van der Waals surface area contributed by atoms with Crippen molar-refractivity contribution in [1.29, 1.82) is 0 Å². The van der Waals surface area contributed by atoms with Crippen molar-refractivity contribution in [2.24, 2.45) is 0 Å². The van der Waals surface area contributed by atoms with Crippen molar-refractivity contribution < 1.29 is 14.6 Å². The molecule has 4 heteroatoms. The van der Waals surface area contributed by atoms with Crippen LogP contribution >= 0.6 is 0 Å². The lowest BCUT2D eigenvalue weighted by Gasteiger charge is -2.28. The topological polar surface area (TPSA) is 41.9 Å². The second kappa shape index (κ2) is 8.01. The zero-order valence-corrected chi connectivity index (χ0v) is 10.5. The first kappa shape index (κ1) is 13.9. The van der Waals surface area contributed by atoms with E-state index in [9.17, 15) is 5.11 Å². The van der Waals surface area contributed by atoms with Crippen molar-refractivity contribution in [2.45, 2.75) is 37.8 Å². The van der Waals surface area contributed by atoms with Gasteiger partial charge in [0.15, 0.2) is 0 Å². The Hall–Kier alpha value is -0.160. The smallest absolute Gasteiger partial charge is 0.0589 e. The minimum absolute atomic E-state index is 0.0996. The Bertz CT molecular complexity index is 178. The van der Waals surface area contributed by atoms with Gasteiger partial charge >= 0.3 is 0 Å². The molecule has 96 valence electrons. The standard InChI is InChI=1S/C12H25NO3/c1-15-8-3-6-13(7-9-16-2)11-4-5-12(14)10-11/h11-12,14H,3-10H2,1-2H3. The van der Waals surface area contributed by atoms with Crippen molar-refractivity contribution >= 4 is 0 Å². The molecule has 0 spiro atoms. The zero-order chi connectivity index (χ0) is 11.8. The molecule has 0 aromatic heterocycles. The maximum Gasteiger partial charge on any atom is 0.0589 e. The molecular weight excluding hydrogens is 206 g/mol. The van der Waals surface area contributed by atoms with Crippen molar-refractivity contribution in [3.05, 3.63) is 0 Å². The lowest BCUT2D eigenvalue weighted by Crippen LogP contribution is -2.37. The van der Waals surface area contributed by atoms with Gasteiger partial charge in [0.25, 0.3) is 0 Å². The minimum atomic E-state index is -0.0996. The Kier molecular flexibility index (Phi) is 6.96. The molecule has 0 saturated heterocycles. The van der Waals surface area contributed by atoms with Gasteiger partial charge in [-0.2, -0.15) is 0 Å². The summed E-state index contributed by atoms with van der Waals surface area (Å²) >= 11 is 0. The van der Waals surface area contributed by atoms with E-state index in [0.29, 0.717) is 6.04 Å². The summed E-state index contributed by atoms with van der Waals surface area (Å²) in [6.45, 7) is 3.56. The maximum absolute atomic E-state index is 9.56. The van der Waals surface area contributed by atoms with Crippen molar-refractivity contribution in [3.63, 3.8) is 0 Å². The molecule has 0 amide bonds. The SMILES string of the molecule is COCCCN(CCOC)C1CCC(O)C1. The molecule has 16 heavy (non-hydrogen) atoms. The highest BCUT2D eigenvalue weighted by Gasteiger charge is 2.27. The van der Waals surface area contributed by atoms with Gasteiger partial charge in [-0.3, -0.25) is 4.90 Å². The Morgan fingerprint density at radius 1 is 1.12 bits per heavy atom. The molecule has 2 unspecified atom stereocenters. The van der Waals surface area contributed by atoms with Gasteiger partial charge < -0.3 is 14.6 Å². The van der Waals surface area contributed by atoms with E-state index >= 15 is 0 Å². The van der Waals surface area contributed by atoms with E-state index in [2.05, 4.69) is 4.90 Å². The average Bonchev–Trinajstić information content (AvgIpc) is 2.70. The summed E-state index contributed by atoms with van der Waals surface area (Å²) in [4.78, 5) is 2.43. The molecule has 0 aromatic rings. The van der Waals surface area contributed by atoms with E-state index in [-0.39, 0.29) is 6.10 Å². The molecule has 0 radical (unpaired) electrons. The van der Waals surface area contributed by atoms with Gasteiger partial charge in [-0.25, -0.2) is 0 Å². The lowest BCUT2D eigenvalue weighted by atomic mass is 10.2. The van der Waals surface area contributed by atoms with Gasteiger partial charge in [-0.1, -0.05) is 0 Å². The summed E-state index contributed by atoms with van der Waals surface area (Å²) < 4.78 is 10.2. The van der Waals surface area contributed by atoms with Gasteiger partial charge in [0.2, 0.25) is 0 Å². The molecule has 1 N–H and O–H groups in total. The first-order valence-electron chi connectivity index (χ1n) is 6.18. The molecule has 1 saturated carbocycles. The van der Waals surface area contributed by atoms with Crippen LogP contribution in [0.1, 0.15) is 25.7 Å². The highest BCUT2D eigenvalue weighted by atomic mass is 16.5. The summed E-state index contributed by atoms with van der Waals surface area (Å²) in [7, 11) is 3.47. The minimum Gasteiger partial charge on any atom is -0.393 e. The molecule has 0 bridgehead atoms. The van der Waals surface area contributed by atoms with E-state index in [1.807, 2.05) is 0 Å². The summed E-state index contributed by atoms with van der Waals surface area (Å²) in [5.41, 5.74) is 0. The number of nitrogens with zero attached hydrogens (tertiary/aromatic N) is 1. The molecule has 0 aromatic carbocycles. The third kappa shape index (κ3) is 4.78. The number of rotatable bonds is 8. The summed E-state index contributed by atoms with van der Waals surface area (Å²) in [5.74, 6) is 0. The normalized spacial score (nSPS) is 25.5. The molecule has 1 rings (SSSR count). The molecular formula is C12H25NO3. The highest BCUT2D eigenvalue weighted by Crippen LogP contribution is 2.24. The zero-order valence-electron chi connectivity index (χ0n) is 10.5. The lowest BCUT2D eigenvalue weighted by molar-refractivity contribution is 0.0990. The van der Waals surface area contributed by atoms with Gasteiger partial charge in [-0.15, -0.1) is 0 Å². The molecule has 4 nitrogen and oxygen atoms in total. The predicted molar refractivity (Wildman–Crippen MR) is 63.6 cm³/mol. The van der Waals surface area contributed by atoms with Gasteiger partial charge in [-0.05, 0) is 25.7 Å². The van der Waals surface area contributed by atoms with Crippen molar-refractivity contribution in [3.8, 4) is 0 Å². The van der Waals surface area contributed by atoms with Gasteiger partial charge in [0.05, 0.1) is 12.7 Å². The number of ether oxygens (including phenoxy) is 2. The fourth-order valence-corrected chi connectivity index (χ4v) is 2.36. The monoisotopic (exact) mass is 231 g/mol. The number of aliphatic hydroxyl groups excluding tert-OH is 1. The largest absolute Gasteiger partial charge is 0.393 e. The van der Waals surface area contributed by atoms with Crippen LogP contribution in [0.3, 0.4) is 0 Å². The fraction of sp³-hybridized carbons (Fsp3) is 1.00. The van der Waals surface area contributed by atoms with E-state index in [1.165, 1.54) is 0 Å². The van der Waals surface area contributed by atoms with Crippen molar-refractivity contribution in [2.75, 3.05) is 40.5 Å². The third-order valence-electron chi connectivity index (χ3n) is 3.27. The third-order valence-corrected chi connectivity index (χ3v) is 3.27. The van der Waals surface area contributed by atoms with Crippen LogP contribution in [0.25, 0.3) is 0 Å². The fourth-order valence-electron chi connectivity index (χ4n) is 2.36. The number of hydrogen-bond acceptors (Lipinski definition) is 4. The van der Waals surface area contributed by atoms with Crippen molar-refractivity contribution in [1.82, 2.24) is 4.90 Å². The molecule has 1 aliphatic rings. The van der Waals surface area contributed by atoms with E-state index in [4.69, 9.17) is 9.47 Å². The Morgan fingerprint density at radius 3 is 2.44 bits per heavy atom. The Labute approximate surface area is 98.5 Å². The number of hydrogen-bond donors (Lipinski definition) is 1. The van der Waals surface area contributed by atoms with E-state index in [1.54, 1.807) is 14.2 Å². The van der Waals surface area contributed by atoms with Crippen LogP contribution in [0.4, 0.5) is 0 Å². The van der Waals surface area contributed by atoms with E-state index in [0.717, 1.165) is 52.0 Å². The molecule has 1 fully saturated rings. The van der Waals surface area contributed by atoms with Crippen LogP contribution in [0, 0.1) is 0 Å². The summed E-state index contributed by atoms with van der Waals surface area (Å²) in [6, 6.07) is 0.530. The number of aliphatic hydroxyl groups is 1.